The van der Waals surface area contributed by atoms with Gasteiger partial charge in [0.1, 0.15) is 5.60 Å². The summed E-state index contributed by atoms with van der Waals surface area (Å²) >= 11 is 0. The zero-order chi connectivity index (χ0) is 16.5. The molecule has 0 aromatic heterocycles. The number of nitrogens with zero attached hydrogens (tertiary/aromatic N) is 1. The Morgan fingerprint density at radius 1 is 1.23 bits per heavy atom. The Hall–Kier alpha value is -1.30. The van der Waals surface area contributed by atoms with Crippen molar-refractivity contribution < 1.29 is 19.1 Å². The maximum absolute atomic E-state index is 12.1. The number of nitrogens with two attached hydrogens (primary N) is 1. The largest absolute Gasteiger partial charge is 0.466 e. The van der Waals surface area contributed by atoms with Crippen LogP contribution in [0.4, 0.5) is 4.79 Å². The van der Waals surface area contributed by atoms with Gasteiger partial charge >= 0.3 is 12.1 Å². The Bertz CT molecular complexity index is 430. The molecular formula is C16H28N2O4. The van der Waals surface area contributed by atoms with Crippen LogP contribution in [0.2, 0.25) is 0 Å². The molecule has 1 heterocycles. The number of amides is 1. The van der Waals surface area contributed by atoms with Crippen LogP contribution in [0.1, 0.15) is 47.0 Å². The topological polar surface area (TPSA) is 81.9 Å². The van der Waals surface area contributed by atoms with Crippen LogP contribution in [-0.2, 0) is 14.3 Å². The zero-order valence-corrected chi connectivity index (χ0v) is 14.1. The van der Waals surface area contributed by atoms with E-state index >= 15 is 0 Å². The molecule has 1 amide bonds. The van der Waals surface area contributed by atoms with E-state index in [-0.39, 0.29) is 18.5 Å². The Labute approximate surface area is 132 Å². The lowest BCUT2D eigenvalue weighted by molar-refractivity contribution is -0.144. The Morgan fingerprint density at radius 3 is 2.23 bits per heavy atom. The summed E-state index contributed by atoms with van der Waals surface area (Å²) in [7, 11) is 0. The first-order chi connectivity index (χ1) is 10.1. The van der Waals surface area contributed by atoms with Crippen molar-refractivity contribution in [2.24, 2.45) is 17.6 Å². The molecule has 1 saturated heterocycles. The maximum Gasteiger partial charge on any atom is 0.410 e. The van der Waals surface area contributed by atoms with Gasteiger partial charge in [-0.3, -0.25) is 4.79 Å². The number of carbonyl (C=O) groups is 2. The van der Waals surface area contributed by atoms with Gasteiger partial charge in [-0.05, 0) is 52.4 Å². The monoisotopic (exact) mass is 312 g/mol. The molecule has 0 spiro atoms. The van der Waals surface area contributed by atoms with Crippen molar-refractivity contribution in [2.45, 2.75) is 58.1 Å². The number of ether oxygens (including phenoxy) is 2. The van der Waals surface area contributed by atoms with E-state index in [4.69, 9.17) is 15.2 Å². The lowest BCUT2D eigenvalue weighted by atomic mass is 9.92. The molecule has 0 aromatic carbocycles. The summed E-state index contributed by atoms with van der Waals surface area (Å²) < 4.78 is 10.4. The third kappa shape index (κ3) is 4.12. The van der Waals surface area contributed by atoms with Gasteiger partial charge in [0.2, 0.25) is 0 Å². The van der Waals surface area contributed by atoms with Crippen LogP contribution in [0.15, 0.2) is 0 Å². The van der Waals surface area contributed by atoms with Gasteiger partial charge < -0.3 is 20.1 Å². The highest BCUT2D eigenvalue weighted by Gasteiger charge is 2.49. The molecule has 2 N–H and O–H groups in total. The molecule has 0 bridgehead atoms. The van der Waals surface area contributed by atoms with E-state index in [2.05, 4.69) is 0 Å². The van der Waals surface area contributed by atoms with Gasteiger partial charge in [-0.15, -0.1) is 0 Å². The van der Waals surface area contributed by atoms with Gasteiger partial charge in [-0.1, -0.05) is 0 Å². The summed E-state index contributed by atoms with van der Waals surface area (Å²) in [5.41, 5.74) is 5.41. The normalized spacial score (nSPS) is 31.0. The standard InChI is InChI=1S/C16H28N2O4/c1-5-21-13(19)8-16(17)6-11-9-18(10-12(11)7-16)14(20)22-15(2,3)4/h11-12H,5-10,17H2,1-4H3/t11-,12+,16?. The number of fused-ring (bicyclic) bond motifs is 1. The van der Waals surface area contributed by atoms with Crippen LogP contribution >= 0.6 is 0 Å². The van der Waals surface area contributed by atoms with Gasteiger partial charge in [0.15, 0.2) is 0 Å². The van der Waals surface area contributed by atoms with E-state index in [1.165, 1.54) is 0 Å². The zero-order valence-electron chi connectivity index (χ0n) is 14.1. The molecule has 2 rings (SSSR count). The molecule has 22 heavy (non-hydrogen) atoms. The third-order valence-corrected chi connectivity index (χ3v) is 4.37. The first-order valence-corrected chi connectivity index (χ1v) is 8.04. The molecule has 1 unspecified atom stereocenters. The quantitative estimate of drug-likeness (QED) is 0.805. The highest BCUT2D eigenvalue weighted by molar-refractivity contribution is 5.71. The van der Waals surface area contributed by atoms with E-state index in [1.807, 2.05) is 20.8 Å². The second-order valence-electron chi connectivity index (χ2n) is 7.66. The summed E-state index contributed by atoms with van der Waals surface area (Å²) in [6, 6.07) is 0. The third-order valence-electron chi connectivity index (χ3n) is 4.37. The second kappa shape index (κ2) is 6.07. The minimum Gasteiger partial charge on any atom is -0.466 e. The van der Waals surface area contributed by atoms with Crippen LogP contribution in [0.5, 0.6) is 0 Å². The first kappa shape index (κ1) is 17.1. The van der Waals surface area contributed by atoms with Crippen molar-refractivity contribution in [3.05, 3.63) is 0 Å². The molecule has 6 nitrogen and oxygen atoms in total. The average Bonchev–Trinajstić information content (AvgIpc) is 2.81. The van der Waals surface area contributed by atoms with Crippen molar-refractivity contribution in [3.8, 4) is 0 Å². The molecule has 1 aliphatic heterocycles. The summed E-state index contributed by atoms with van der Waals surface area (Å²) in [6.45, 7) is 9.12. The minimum atomic E-state index is -0.485. The fourth-order valence-corrected chi connectivity index (χ4v) is 3.65. The number of rotatable bonds is 3. The molecule has 6 heteroatoms. The van der Waals surface area contributed by atoms with E-state index in [1.54, 1.807) is 11.8 Å². The summed E-state index contributed by atoms with van der Waals surface area (Å²) in [6.07, 6.45) is 1.53. The maximum atomic E-state index is 12.1. The molecule has 3 atom stereocenters. The van der Waals surface area contributed by atoms with Crippen LogP contribution in [0.3, 0.4) is 0 Å². The van der Waals surface area contributed by atoms with Crippen molar-refractivity contribution in [1.82, 2.24) is 4.90 Å². The fourth-order valence-electron chi connectivity index (χ4n) is 3.65. The van der Waals surface area contributed by atoms with Gasteiger partial charge in [-0.2, -0.15) is 0 Å². The highest BCUT2D eigenvalue weighted by atomic mass is 16.6. The first-order valence-electron chi connectivity index (χ1n) is 8.04. The molecule has 126 valence electrons. The molecule has 1 aliphatic carbocycles. The van der Waals surface area contributed by atoms with E-state index in [0.717, 1.165) is 12.8 Å². The van der Waals surface area contributed by atoms with Crippen LogP contribution in [0.25, 0.3) is 0 Å². The molecule has 0 aromatic rings. The number of esters is 1. The van der Waals surface area contributed by atoms with Crippen LogP contribution in [0, 0.1) is 11.8 Å². The van der Waals surface area contributed by atoms with Gasteiger partial charge in [0, 0.05) is 18.6 Å². The van der Waals surface area contributed by atoms with Crippen molar-refractivity contribution in [2.75, 3.05) is 19.7 Å². The smallest absolute Gasteiger partial charge is 0.410 e. The number of carbonyl (C=O) groups excluding carboxylic acids is 2. The predicted octanol–water partition coefficient (Wildman–Crippen LogP) is 1.91. The number of hydrogen-bond acceptors (Lipinski definition) is 5. The van der Waals surface area contributed by atoms with Crippen molar-refractivity contribution in [3.63, 3.8) is 0 Å². The summed E-state index contributed by atoms with van der Waals surface area (Å²) in [5.74, 6) is 0.480. The molecule has 0 radical (unpaired) electrons. The highest BCUT2D eigenvalue weighted by Crippen LogP contribution is 2.44. The summed E-state index contributed by atoms with van der Waals surface area (Å²) in [4.78, 5) is 25.5. The van der Waals surface area contributed by atoms with Crippen LogP contribution < -0.4 is 5.73 Å². The van der Waals surface area contributed by atoms with E-state index < -0.39 is 11.1 Å². The molecule has 2 aliphatic rings. The minimum absolute atomic E-state index is 0.228. The van der Waals surface area contributed by atoms with E-state index in [9.17, 15) is 9.59 Å². The molecular weight excluding hydrogens is 284 g/mol. The van der Waals surface area contributed by atoms with Crippen LogP contribution in [-0.4, -0.2) is 47.8 Å². The van der Waals surface area contributed by atoms with Crippen molar-refractivity contribution >= 4 is 12.1 Å². The number of hydrogen-bond donors (Lipinski definition) is 1. The Morgan fingerprint density at radius 2 is 1.77 bits per heavy atom. The average molecular weight is 312 g/mol. The Kier molecular flexibility index (Phi) is 4.70. The lowest BCUT2D eigenvalue weighted by Crippen LogP contribution is -2.42. The predicted molar refractivity (Wildman–Crippen MR) is 82.2 cm³/mol. The number of likely N-dealkylation sites (tertiary alicyclic amines) is 1. The molecule has 1 saturated carbocycles. The SMILES string of the molecule is CCOC(=O)CC1(N)C[C@H]2CN(C(=O)OC(C)(C)C)C[C@H]2C1. The van der Waals surface area contributed by atoms with Gasteiger partial charge in [0.25, 0.3) is 0 Å². The Balaban J connectivity index is 1.87. The lowest BCUT2D eigenvalue weighted by Gasteiger charge is -2.28. The van der Waals surface area contributed by atoms with Gasteiger partial charge in [0.05, 0.1) is 13.0 Å². The summed E-state index contributed by atoms with van der Waals surface area (Å²) in [5, 5.41) is 0. The molecule has 2 fully saturated rings. The fraction of sp³-hybridized carbons (Fsp3) is 0.875. The van der Waals surface area contributed by atoms with Gasteiger partial charge in [-0.25, -0.2) is 4.79 Å². The second-order valence-corrected chi connectivity index (χ2v) is 7.66. The van der Waals surface area contributed by atoms with Crippen molar-refractivity contribution in [1.29, 1.82) is 0 Å². The van der Waals surface area contributed by atoms with E-state index in [0.29, 0.717) is 31.5 Å².